The van der Waals surface area contributed by atoms with Crippen LogP contribution in [0, 0.1) is 6.20 Å². The molecule has 0 fully saturated rings. The van der Waals surface area contributed by atoms with Gasteiger partial charge in [-0.25, -0.2) is 9.97 Å². The van der Waals surface area contributed by atoms with E-state index in [0.29, 0.717) is 5.95 Å². The smallest absolute Gasteiger partial charge is 0.223 e. The predicted molar refractivity (Wildman–Crippen MR) is 42.5 cm³/mol. The van der Waals surface area contributed by atoms with Gasteiger partial charge in [-0.1, -0.05) is 0 Å². The molecule has 5 heteroatoms. The van der Waals surface area contributed by atoms with E-state index < -0.39 is 6.04 Å². The molecule has 0 spiro atoms. The first-order valence-corrected chi connectivity index (χ1v) is 3.54. The molecule has 65 valence electrons. The number of hydrogen-bond acceptors (Lipinski definition) is 5. The molecular formula is C7H10N3O2. The van der Waals surface area contributed by atoms with Crippen molar-refractivity contribution < 1.29 is 10.2 Å². The maximum Gasteiger partial charge on any atom is 0.223 e. The van der Waals surface area contributed by atoms with Crippen LogP contribution in [0.2, 0.25) is 0 Å². The summed E-state index contributed by atoms with van der Waals surface area (Å²) in [6.07, 6.45) is 4.11. The Hall–Kier alpha value is -1.20. The summed E-state index contributed by atoms with van der Waals surface area (Å²) in [5, 5.41) is 20.1. The van der Waals surface area contributed by atoms with E-state index in [1.54, 1.807) is 6.07 Å². The minimum absolute atomic E-state index is 0.158. The van der Waals surface area contributed by atoms with Crippen molar-refractivity contribution in [3.05, 3.63) is 18.5 Å². The first-order valence-electron chi connectivity index (χ1n) is 3.54. The molecule has 0 bridgehead atoms. The molecule has 1 aromatic heterocycles. The second-order valence-corrected chi connectivity index (χ2v) is 2.22. The van der Waals surface area contributed by atoms with E-state index in [0.717, 1.165) is 0 Å². The van der Waals surface area contributed by atoms with Crippen molar-refractivity contribution in [2.75, 3.05) is 18.5 Å². The Morgan fingerprint density at radius 2 is 2.25 bits per heavy atom. The van der Waals surface area contributed by atoms with Crippen molar-refractivity contribution in [2.45, 2.75) is 6.04 Å². The van der Waals surface area contributed by atoms with Gasteiger partial charge in [0.25, 0.3) is 0 Å². The Kier molecular flexibility index (Phi) is 3.43. The zero-order chi connectivity index (χ0) is 8.81. The Morgan fingerprint density at radius 3 is 2.75 bits per heavy atom. The van der Waals surface area contributed by atoms with Crippen molar-refractivity contribution >= 4 is 5.95 Å². The minimum atomic E-state index is -0.416. The van der Waals surface area contributed by atoms with Crippen LogP contribution in [0.5, 0.6) is 0 Å². The molecule has 0 saturated heterocycles. The number of aliphatic hydroxyl groups excluding tert-OH is 2. The summed E-state index contributed by atoms with van der Waals surface area (Å²) in [6.45, 7) is -0.316. The van der Waals surface area contributed by atoms with Gasteiger partial charge in [0, 0.05) is 6.20 Å². The topological polar surface area (TPSA) is 78.3 Å². The van der Waals surface area contributed by atoms with Crippen LogP contribution in [-0.4, -0.2) is 39.4 Å². The molecular weight excluding hydrogens is 158 g/mol. The number of anilines is 1. The number of hydrogen-bond donors (Lipinski definition) is 3. The van der Waals surface area contributed by atoms with E-state index in [1.807, 2.05) is 0 Å². The lowest BCUT2D eigenvalue weighted by Gasteiger charge is -2.11. The molecule has 0 amide bonds. The normalized spacial score (nSPS) is 10.2. The highest BCUT2D eigenvalue weighted by molar-refractivity contribution is 5.23. The van der Waals surface area contributed by atoms with Crippen LogP contribution in [-0.2, 0) is 0 Å². The molecule has 0 atom stereocenters. The molecule has 1 heterocycles. The molecule has 0 aliphatic heterocycles. The number of aromatic nitrogens is 2. The molecule has 1 rings (SSSR count). The fourth-order valence-corrected chi connectivity index (χ4v) is 0.670. The summed E-state index contributed by atoms with van der Waals surface area (Å²) < 4.78 is 0. The zero-order valence-corrected chi connectivity index (χ0v) is 6.44. The summed E-state index contributed by atoms with van der Waals surface area (Å²) >= 11 is 0. The maximum atomic E-state index is 8.70. The van der Waals surface area contributed by atoms with Gasteiger partial charge in [0.2, 0.25) is 5.95 Å². The van der Waals surface area contributed by atoms with E-state index >= 15 is 0 Å². The first-order chi connectivity index (χ1) is 5.86. The number of nitrogens with zero attached hydrogens (tertiary/aromatic N) is 2. The summed E-state index contributed by atoms with van der Waals surface area (Å²) in [5.74, 6) is 0.352. The average molecular weight is 168 g/mol. The monoisotopic (exact) mass is 168 g/mol. The summed E-state index contributed by atoms with van der Waals surface area (Å²) in [5.41, 5.74) is 0. The summed E-state index contributed by atoms with van der Waals surface area (Å²) in [6, 6.07) is 1.15. The molecule has 5 nitrogen and oxygen atoms in total. The van der Waals surface area contributed by atoms with Gasteiger partial charge in [0.1, 0.15) is 0 Å². The van der Waals surface area contributed by atoms with Gasteiger partial charge in [0.05, 0.1) is 25.5 Å². The number of nitrogens with one attached hydrogen (secondary N) is 1. The van der Waals surface area contributed by atoms with E-state index in [-0.39, 0.29) is 13.2 Å². The van der Waals surface area contributed by atoms with E-state index in [9.17, 15) is 0 Å². The maximum absolute atomic E-state index is 8.70. The lowest BCUT2D eigenvalue weighted by molar-refractivity contribution is 0.203. The summed E-state index contributed by atoms with van der Waals surface area (Å²) in [4.78, 5) is 7.58. The highest BCUT2D eigenvalue weighted by atomic mass is 16.3. The highest BCUT2D eigenvalue weighted by Gasteiger charge is 2.05. The third kappa shape index (κ3) is 2.44. The SMILES string of the molecule is OCC(CO)Nc1n[c]ccn1. The van der Waals surface area contributed by atoms with Gasteiger partial charge in [-0.2, -0.15) is 0 Å². The second-order valence-electron chi connectivity index (χ2n) is 2.22. The first kappa shape index (κ1) is 8.89. The Morgan fingerprint density at radius 1 is 1.50 bits per heavy atom. The fraction of sp³-hybridized carbons (Fsp3) is 0.429. The van der Waals surface area contributed by atoms with Crippen molar-refractivity contribution in [3.63, 3.8) is 0 Å². The third-order valence-corrected chi connectivity index (χ3v) is 1.29. The van der Waals surface area contributed by atoms with Crippen LogP contribution in [0.25, 0.3) is 0 Å². The van der Waals surface area contributed by atoms with Crippen molar-refractivity contribution in [2.24, 2.45) is 0 Å². The third-order valence-electron chi connectivity index (χ3n) is 1.29. The van der Waals surface area contributed by atoms with E-state index in [4.69, 9.17) is 10.2 Å². The van der Waals surface area contributed by atoms with Gasteiger partial charge in [-0.3, -0.25) is 0 Å². The van der Waals surface area contributed by atoms with Crippen LogP contribution in [0.3, 0.4) is 0 Å². The van der Waals surface area contributed by atoms with Crippen LogP contribution >= 0.6 is 0 Å². The van der Waals surface area contributed by atoms with Crippen LogP contribution in [0.1, 0.15) is 0 Å². The number of rotatable bonds is 4. The van der Waals surface area contributed by atoms with Crippen molar-refractivity contribution in [1.82, 2.24) is 9.97 Å². The van der Waals surface area contributed by atoms with Gasteiger partial charge in [0.15, 0.2) is 0 Å². The van der Waals surface area contributed by atoms with Crippen molar-refractivity contribution in [1.29, 1.82) is 0 Å². The van der Waals surface area contributed by atoms with Gasteiger partial charge < -0.3 is 15.5 Å². The summed E-state index contributed by atoms with van der Waals surface area (Å²) in [7, 11) is 0. The van der Waals surface area contributed by atoms with Crippen LogP contribution in [0.4, 0.5) is 5.95 Å². The standard InChI is InChI=1S/C7H10N3O2/c11-4-6(5-12)10-7-8-2-1-3-9-7/h1-2,6,11-12H,4-5H2,(H,8,9,10). The van der Waals surface area contributed by atoms with E-state index in [2.05, 4.69) is 21.5 Å². The Labute approximate surface area is 70.1 Å². The van der Waals surface area contributed by atoms with Gasteiger partial charge in [-0.15, -0.1) is 0 Å². The lowest BCUT2D eigenvalue weighted by Crippen LogP contribution is -2.28. The second kappa shape index (κ2) is 4.63. The Bertz CT molecular complexity index is 213. The molecule has 0 unspecified atom stereocenters. The van der Waals surface area contributed by atoms with Crippen LogP contribution in [0.15, 0.2) is 12.3 Å². The molecule has 0 aliphatic carbocycles. The molecule has 1 aromatic rings. The predicted octanol–water partition coefficient (Wildman–Crippen LogP) is -0.958. The minimum Gasteiger partial charge on any atom is -0.394 e. The highest BCUT2D eigenvalue weighted by Crippen LogP contribution is 1.96. The molecule has 0 saturated carbocycles. The quantitative estimate of drug-likeness (QED) is 0.539. The molecule has 1 radical (unpaired) electrons. The lowest BCUT2D eigenvalue weighted by atomic mass is 10.3. The largest absolute Gasteiger partial charge is 0.394 e. The number of aliphatic hydroxyl groups is 2. The van der Waals surface area contributed by atoms with E-state index in [1.165, 1.54) is 6.20 Å². The Balaban J connectivity index is 2.51. The fourth-order valence-electron chi connectivity index (χ4n) is 0.670. The molecule has 12 heavy (non-hydrogen) atoms. The van der Waals surface area contributed by atoms with Crippen LogP contribution < -0.4 is 5.32 Å². The molecule has 3 N–H and O–H groups in total. The zero-order valence-electron chi connectivity index (χ0n) is 6.44. The molecule has 0 aliphatic rings. The van der Waals surface area contributed by atoms with Crippen molar-refractivity contribution in [3.8, 4) is 0 Å². The van der Waals surface area contributed by atoms with Gasteiger partial charge >= 0.3 is 0 Å². The van der Waals surface area contributed by atoms with Gasteiger partial charge in [-0.05, 0) is 6.07 Å². The molecule has 0 aromatic carbocycles. The average Bonchev–Trinajstić information content (AvgIpc) is 2.16.